The van der Waals surface area contributed by atoms with E-state index in [9.17, 15) is 5.11 Å². The first-order valence-electron chi connectivity index (χ1n) is 6.38. The molecule has 0 saturated carbocycles. The highest BCUT2D eigenvalue weighted by atomic mass is 79.9. The monoisotopic (exact) mass is 323 g/mol. The Labute approximate surface area is 121 Å². The fraction of sp³-hybridized carbons (Fsp3) is 0.429. The second-order valence-electron chi connectivity index (χ2n) is 5.04. The number of rotatable bonds is 5. The Morgan fingerprint density at radius 3 is 2.89 bits per heavy atom. The summed E-state index contributed by atoms with van der Waals surface area (Å²) >= 11 is 3.38. The molecule has 2 aromatic rings. The fourth-order valence-electron chi connectivity index (χ4n) is 2.00. The van der Waals surface area contributed by atoms with E-state index in [1.807, 2.05) is 12.1 Å². The molecular formula is C14H18BrN3O. The number of aromatic nitrogens is 2. The van der Waals surface area contributed by atoms with Crippen molar-refractivity contribution < 1.29 is 5.11 Å². The number of aliphatic hydroxyl groups excluding tert-OH is 1. The van der Waals surface area contributed by atoms with Crippen molar-refractivity contribution in [1.29, 1.82) is 0 Å². The minimum absolute atomic E-state index is 0.348. The summed E-state index contributed by atoms with van der Waals surface area (Å²) in [7, 11) is 0. The van der Waals surface area contributed by atoms with Gasteiger partial charge in [0.1, 0.15) is 5.52 Å². The van der Waals surface area contributed by atoms with Gasteiger partial charge in [0.2, 0.25) is 0 Å². The van der Waals surface area contributed by atoms with Crippen molar-refractivity contribution >= 4 is 32.7 Å². The number of pyridine rings is 2. The minimum Gasteiger partial charge on any atom is -0.391 e. The molecule has 0 radical (unpaired) electrons. The predicted octanol–water partition coefficient (Wildman–Crippen LogP) is 3.21. The summed E-state index contributed by atoms with van der Waals surface area (Å²) in [5, 5.41) is 13.1. The third kappa shape index (κ3) is 3.88. The summed E-state index contributed by atoms with van der Waals surface area (Å²) in [6.07, 6.45) is 3.93. The van der Waals surface area contributed by atoms with Crippen LogP contribution >= 0.6 is 15.9 Å². The molecule has 2 heterocycles. The highest BCUT2D eigenvalue weighted by molar-refractivity contribution is 9.10. The van der Waals surface area contributed by atoms with E-state index in [1.54, 1.807) is 12.4 Å². The molecule has 0 aliphatic carbocycles. The van der Waals surface area contributed by atoms with Crippen molar-refractivity contribution in [1.82, 2.24) is 9.97 Å². The molecule has 0 fully saturated rings. The van der Waals surface area contributed by atoms with E-state index in [0.717, 1.165) is 27.6 Å². The molecule has 19 heavy (non-hydrogen) atoms. The molecule has 0 bridgehead atoms. The SMILES string of the molecule is CC(C)CC(O)CNc1ccnc2cc(Br)cnc12. The van der Waals surface area contributed by atoms with Gasteiger partial charge >= 0.3 is 0 Å². The van der Waals surface area contributed by atoms with Gasteiger partial charge in [0, 0.05) is 23.4 Å². The molecule has 0 spiro atoms. The van der Waals surface area contributed by atoms with Crippen molar-refractivity contribution in [2.45, 2.75) is 26.4 Å². The molecule has 0 aliphatic rings. The van der Waals surface area contributed by atoms with Gasteiger partial charge in [-0.2, -0.15) is 0 Å². The highest BCUT2D eigenvalue weighted by Crippen LogP contribution is 2.22. The number of halogens is 1. The minimum atomic E-state index is -0.348. The van der Waals surface area contributed by atoms with Crippen LogP contribution in [0.5, 0.6) is 0 Å². The summed E-state index contributed by atoms with van der Waals surface area (Å²) in [6.45, 7) is 4.73. The first kappa shape index (κ1) is 14.2. The Morgan fingerprint density at radius 2 is 2.16 bits per heavy atom. The van der Waals surface area contributed by atoms with Gasteiger partial charge in [0.05, 0.1) is 17.3 Å². The van der Waals surface area contributed by atoms with Crippen molar-refractivity contribution in [3.05, 3.63) is 29.0 Å². The van der Waals surface area contributed by atoms with Crippen LogP contribution in [0.2, 0.25) is 0 Å². The number of fused-ring (bicyclic) bond motifs is 1. The number of aliphatic hydroxyl groups is 1. The standard InChI is InChI=1S/C14H18BrN3O/c1-9(2)5-11(19)8-17-12-3-4-16-13-6-10(15)7-18-14(12)13/h3-4,6-7,9,11,19H,5,8H2,1-2H3,(H,16,17). The molecule has 0 amide bonds. The lowest BCUT2D eigenvalue weighted by atomic mass is 10.1. The fourth-order valence-corrected chi connectivity index (χ4v) is 2.32. The van der Waals surface area contributed by atoms with Gasteiger partial charge in [-0.25, -0.2) is 0 Å². The lowest BCUT2D eigenvalue weighted by Crippen LogP contribution is -2.21. The van der Waals surface area contributed by atoms with Gasteiger partial charge in [0.25, 0.3) is 0 Å². The van der Waals surface area contributed by atoms with Gasteiger partial charge in [-0.15, -0.1) is 0 Å². The molecule has 1 unspecified atom stereocenters. The maximum Gasteiger partial charge on any atom is 0.112 e. The van der Waals surface area contributed by atoms with Crippen LogP contribution in [-0.2, 0) is 0 Å². The van der Waals surface area contributed by atoms with Crippen LogP contribution in [0, 0.1) is 5.92 Å². The number of anilines is 1. The van der Waals surface area contributed by atoms with E-state index in [4.69, 9.17) is 0 Å². The van der Waals surface area contributed by atoms with Crippen LogP contribution in [0.15, 0.2) is 29.0 Å². The number of hydrogen-bond donors (Lipinski definition) is 2. The normalized spacial score (nSPS) is 12.9. The highest BCUT2D eigenvalue weighted by Gasteiger charge is 2.09. The lowest BCUT2D eigenvalue weighted by molar-refractivity contribution is 0.161. The van der Waals surface area contributed by atoms with Crippen LogP contribution in [0.3, 0.4) is 0 Å². The Balaban J connectivity index is 2.12. The molecular weight excluding hydrogens is 306 g/mol. The second-order valence-corrected chi connectivity index (χ2v) is 5.96. The van der Waals surface area contributed by atoms with Crippen LogP contribution in [0.25, 0.3) is 11.0 Å². The Kier molecular flexibility index (Phi) is 4.71. The van der Waals surface area contributed by atoms with Crippen LogP contribution in [-0.4, -0.2) is 27.7 Å². The third-order valence-electron chi connectivity index (χ3n) is 2.82. The number of nitrogens with one attached hydrogen (secondary N) is 1. The van der Waals surface area contributed by atoms with Gasteiger partial charge in [-0.3, -0.25) is 9.97 Å². The lowest BCUT2D eigenvalue weighted by Gasteiger charge is -2.15. The molecule has 4 nitrogen and oxygen atoms in total. The quantitative estimate of drug-likeness (QED) is 0.887. The molecule has 0 aromatic carbocycles. The molecule has 2 N–H and O–H groups in total. The molecule has 2 aromatic heterocycles. The Hall–Kier alpha value is -1.20. The van der Waals surface area contributed by atoms with E-state index in [0.29, 0.717) is 12.5 Å². The molecule has 0 saturated heterocycles. The van der Waals surface area contributed by atoms with Crippen LogP contribution in [0.4, 0.5) is 5.69 Å². The van der Waals surface area contributed by atoms with Crippen molar-refractivity contribution in [2.75, 3.05) is 11.9 Å². The Morgan fingerprint density at radius 1 is 1.37 bits per heavy atom. The third-order valence-corrected chi connectivity index (χ3v) is 3.25. The van der Waals surface area contributed by atoms with E-state index in [1.165, 1.54) is 0 Å². The molecule has 2 rings (SSSR count). The van der Waals surface area contributed by atoms with Gasteiger partial charge in [0.15, 0.2) is 0 Å². The zero-order valence-electron chi connectivity index (χ0n) is 11.1. The summed E-state index contributed by atoms with van der Waals surface area (Å²) < 4.78 is 0.907. The van der Waals surface area contributed by atoms with Gasteiger partial charge in [-0.1, -0.05) is 13.8 Å². The summed E-state index contributed by atoms with van der Waals surface area (Å²) in [5.74, 6) is 0.486. The van der Waals surface area contributed by atoms with E-state index < -0.39 is 0 Å². The molecule has 102 valence electrons. The smallest absolute Gasteiger partial charge is 0.112 e. The van der Waals surface area contributed by atoms with Crippen molar-refractivity contribution in [3.8, 4) is 0 Å². The topological polar surface area (TPSA) is 58.0 Å². The van der Waals surface area contributed by atoms with Crippen LogP contribution in [0.1, 0.15) is 20.3 Å². The molecule has 1 atom stereocenters. The molecule has 0 aliphatic heterocycles. The average molecular weight is 324 g/mol. The first-order chi connectivity index (χ1) is 9.06. The zero-order valence-corrected chi connectivity index (χ0v) is 12.7. The zero-order chi connectivity index (χ0) is 13.8. The van der Waals surface area contributed by atoms with Crippen LogP contribution < -0.4 is 5.32 Å². The first-order valence-corrected chi connectivity index (χ1v) is 7.17. The predicted molar refractivity (Wildman–Crippen MR) is 81.2 cm³/mol. The van der Waals surface area contributed by atoms with E-state index in [-0.39, 0.29) is 6.10 Å². The van der Waals surface area contributed by atoms with Gasteiger partial charge in [-0.05, 0) is 40.4 Å². The molecule has 5 heteroatoms. The summed E-state index contributed by atoms with van der Waals surface area (Å²) in [5.41, 5.74) is 2.56. The number of hydrogen-bond acceptors (Lipinski definition) is 4. The van der Waals surface area contributed by atoms with Gasteiger partial charge < -0.3 is 10.4 Å². The van der Waals surface area contributed by atoms with Crippen molar-refractivity contribution in [3.63, 3.8) is 0 Å². The Bertz CT molecular complexity index is 559. The van der Waals surface area contributed by atoms with Crippen molar-refractivity contribution in [2.24, 2.45) is 5.92 Å². The maximum atomic E-state index is 9.89. The number of nitrogens with zero attached hydrogens (tertiary/aromatic N) is 2. The largest absolute Gasteiger partial charge is 0.391 e. The summed E-state index contributed by atoms with van der Waals surface area (Å²) in [6, 6.07) is 3.81. The van der Waals surface area contributed by atoms with E-state index in [2.05, 4.69) is 45.1 Å². The van der Waals surface area contributed by atoms with E-state index >= 15 is 0 Å². The second kappa shape index (κ2) is 6.30. The summed E-state index contributed by atoms with van der Waals surface area (Å²) in [4.78, 5) is 8.65. The maximum absolute atomic E-state index is 9.89. The average Bonchev–Trinajstić information content (AvgIpc) is 2.35.